The number of morpholine rings is 2. The molecule has 29 heavy (non-hydrogen) atoms. The summed E-state index contributed by atoms with van der Waals surface area (Å²) < 4.78 is 10.7. The number of nitro benzene ring substituents is 1. The molecular weight excluding hydrogens is 372 g/mol. The first-order valence-electron chi connectivity index (χ1n) is 9.79. The molecule has 0 radical (unpaired) electrons. The Morgan fingerprint density at radius 1 is 0.897 bits per heavy atom. The molecule has 0 amide bonds. The van der Waals surface area contributed by atoms with Gasteiger partial charge in [-0.3, -0.25) is 15.1 Å². The van der Waals surface area contributed by atoms with Crippen LogP contribution in [-0.4, -0.2) is 63.7 Å². The van der Waals surface area contributed by atoms with E-state index < -0.39 is 0 Å². The Bertz CT molecular complexity index is 873. The maximum Gasteiger partial charge on any atom is 0.293 e. The Kier molecular flexibility index (Phi) is 6.02. The SMILES string of the molecule is O=[N+]([O-])c1cc(C=Nc2ccc(N3CCOCC3)cc2)ccc1N1CCOCC1. The van der Waals surface area contributed by atoms with Crippen LogP contribution in [0.15, 0.2) is 47.5 Å². The first kappa shape index (κ1) is 19.4. The first-order valence-corrected chi connectivity index (χ1v) is 9.79. The number of hydrogen-bond acceptors (Lipinski definition) is 7. The van der Waals surface area contributed by atoms with E-state index in [0.717, 1.165) is 37.7 Å². The Balaban J connectivity index is 1.48. The van der Waals surface area contributed by atoms with Crippen molar-refractivity contribution in [3.05, 3.63) is 58.1 Å². The Morgan fingerprint density at radius 3 is 2.14 bits per heavy atom. The van der Waals surface area contributed by atoms with Crippen molar-refractivity contribution >= 4 is 29.0 Å². The molecule has 0 bridgehead atoms. The normalized spacial score (nSPS) is 17.7. The molecule has 0 aromatic heterocycles. The number of rotatable bonds is 5. The monoisotopic (exact) mass is 396 g/mol. The molecule has 0 saturated carbocycles. The van der Waals surface area contributed by atoms with Crippen LogP contribution in [0, 0.1) is 10.1 Å². The van der Waals surface area contributed by atoms with E-state index >= 15 is 0 Å². The van der Waals surface area contributed by atoms with E-state index in [9.17, 15) is 10.1 Å². The molecular formula is C21H24N4O4. The van der Waals surface area contributed by atoms with Crippen molar-refractivity contribution in [3.8, 4) is 0 Å². The van der Waals surface area contributed by atoms with Crippen LogP contribution in [0.25, 0.3) is 0 Å². The average Bonchev–Trinajstić information content (AvgIpc) is 2.79. The lowest BCUT2D eigenvalue weighted by molar-refractivity contribution is -0.384. The van der Waals surface area contributed by atoms with Gasteiger partial charge < -0.3 is 19.3 Å². The lowest BCUT2D eigenvalue weighted by Crippen LogP contribution is -2.36. The molecule has 8 heteroatoms. The van der Waals surface area contributed by atoms with Gasteiger partial charge in [-0.05, 0) is 35.9 Å². The summed E-state index contributed by atoms with van der Waals surface area (Å²) in [6.45, 7) is 5.76. The van der Waals surface area contributed by atoms with Gasteiger partial charge in [-0.25, -0.2) is 0 Å². The molecule has 2 aliphatic rings. The number of ether oxygens (including phenoxy) is 2. The van der Waals surface area contributed by atoms with Gasteiger partial charge in [0.05, 0.1) is 37.0 Å². The quantitative estimate of drug-likeness (QED) is 0.439. The van der Waals surface area contributed by atoms with Crippen LogP contribution in [0.4, 0.5) is 22.7 Å². The lowest BCUT2D eigenvalue weighted by Gasteiger charge is -2.28. The fourth-order valence-corrected chi connectivity index (χ4v) is 3.56. The van der Waals surface area contributed by atoms with Crippen LogP contribution in [-0.2, 0) is 9.47 Å². The average molecular weight is 396 g/mol. The number of nitro groups is 1. The summed E-state index contributed by atoms with van der Waals surface area (Å²) in [7, 11) is 0. The van der Waals surface area contributed by atoms with Gasteiger partial charge in [0.2, 0.25) is 0 Å². The molecule has 2 heterocycles. The molecule has 0 atom stereocenters. The summed E-state index contributed by atoms with van der Waals surface area (Å²) in [5.41, 5.74) is 3.38. The highest BCUT2D eigenvalue weighted by Crippen LogP contribution is 2.30. The van der Waals surface area contributed by atoms with E-state index in [-0.39, 0.29) is 10.6 Å². The number of nitrogens with zero attached hydrogens (tertiary/aromatic N) is 4. The standard InChI is InChI=1S/C21H24N4O4/c26-25(27)21-15-17(1-6-20(21)24-9-13-29-14-10-24)16-22-18-2-4-19(5-3-18)23-7-11-28-12-8-23/h1-6,15-16H,7-14H2. The minimum Gasteiger partial charge on any atom is -0.378 e. The smallest absolute Gasteiger partial charge is 0.293 e. The van der Waals surface area contributed by atoms with Crippen molar-refractivity contribution in [1.82, 2.24) is 0 Å². The van der Waals surface area contributed by atoms with Gasteiger partial charge in [0.25, 0.3) is 5.69 Å². The van der Waals surface area contributed by atoms with Crippen molar-refractivity contribution in [3.63, 3.8) is 0 Å². The molecule has 4 rings (SSSR count). The van der Waals surface area contributed by atoms with E-state index in [0.29, 0.717) is 37.6 Å². The molecule has 2 saturated heterocycles. The zero-order valence-electron chi connectivity index (χ0n) is 16.2. The third-order valence-corrected chi connectivity index (χ3v) is 5.14. The number of benzene rings is 2. The largest absolute Gasteiger partial charge is 0.378 e. The molecule has 2 fully saturated rings. The first-order chi connectivity index (χ1) is 14.2. The van der Waals surface area contributed by atoms with E-state index in [4.69, 9.17) is 9.47 Å². The second kappa shape index (κ2) is 9.02. The second-order valence-corrected chi connectivity index (χ2v) is 6.98. The van der Waals surface area contributed by atoms with Crippen LogP contribution in [0.3, 0.4) is 0 Å². The molecule has 8 nitrogen and oxygen atoms in total. The molecule has 152 valence electrons. The zero-order valence-corrected chi connectivity index (χ0v) is 16.2. The summed E-state index contributed by atoms with van der Waals surface area (Å²) in [6.07, 6.45) is 1.67. The third-order valence-electron chi connectivity index (χ3n) is 5.14. The van der Waals surface area contributed by atoms with Gasteiger partial charge in [-0.15, -0.1) is 0 Å². The maximum absolute atomic E-state index is 11.6. The van der Waals surface area contributed by atoms with E-state index in [1.54, 1.807) is 18.3 Å². The third kappa shape index (κ3) is 4.72. The zero-order chi connectivity index (χ0) is 20.1. The molecule has 0 unspecified atom stereocenters. The lowest BCUT2D eigenvalue weighted by atomic mass is 10.1. The fraction of sp³-hybridized carbons (Fsp3) is 0.381. The van der Waals surface area contributed by atoms with Crippen molar-refractivity contribution in [2.75, 3.05) is 62.4 Å². The van der Waals surface area contributed by atoms with Gasteiger partial charge in [-0.1, -0.05) is 6.07 Å². The summed E-state index contributed by atoms with van der Waals surface area (Å²) in [6, 6.07) is 13.2. The van der Waals surface area contributed by atoms with Crippen molar-refractivity contribution in [2.45, 2.75) is 0 Å². The van der Waals surface area contributed by atoms with Crippen LogP contribution in [0.1, 0.15) is 5.56 Å². The summed E-state index contributed by atoms with van der Waals surface area (Å²) in [4.78, 5) is 20.0. The van der Waals surface area contributed by atoms with Crippen molar-refractivity contribution < 1.29 is 14.4 Å². The van der Waals surface area contributed by atoms with Crippen LogP contribution >= 0.6 is 0 Å². The van der Waals surface area contributed by atoms with Gasteiger partial charge in [0.1, 0.15) is 5.69 Å². The maximum atomic E-state index is 11.6. The Labute approximate surface area is 169 Å². The van der Waals surface area contributed by atoms with Crippen molar-refractivity contribution in [2.24, 2.45) is 4.99 Å². The van der Waals surface area contributed by atoms with Gasteiger partial charge in [0.15, 0.2) is 0 Å². The molecule has 2 aromatic carbocycles. The highest BCUT2D eigenvalue weighted by molar-refractivity contribution is 5.85. The highest BCUT2D eigenvalue weighted by atomic mass is 16.6. The predicted molar refractivity (Wildman–Crippen MR) is 113 cm³/mol. The molecule has 0 aliphatic carbocycles. The highest BCUT2D eigenvalue weighted by Gasteiger charge is 2.21. The van der Waals surface area contributed by atoms with E-state index in [1.165, 1.54) is 0 Å². The minimum absolute atomic E-state index is 0.0958. The fourth-order valence-electron chi connectivity index (χ4n) is 3.56. The molecule has 2 aromatic rings. The molecule has 2 aliphatic heterocycles. The van der Waals surface area contributed by atoms with E-state index in [1.807, 2.05) is 35.2 Å². The number of aliphatic imine (C=N–C) groups is 1. The van der Waals surface area contributed by atoms with Crippen LogP contribution in [0.2, 0.25) is 0 Å². The second-order valence-electron chi connectivity index (χ2n) is 6.98. The van der Waals surface area contributed by atoms with Gasteiger partial charge in [0, 0.05) is 44.1 Å². The summed E-state index contributed by atoms with van der Waals surface area (Å²) >= 11 is 0. The molecule has 0 spiro atoms. The van der Waals surface area contributed by atoms with E-state index in [2.05, 4.69) is 9.89 Å². The number of anilines is 2. The van der Waals surface area contributed by atoms with Gasteiger partial charge >= 0.3 is 0 Å². The van der Waals surface area contributed by atoms with Gasteiger partial charge in [-0.2, -0.15) is 0 Å². The Morgan fingerprint density at radius 2 is 1.52 bits per heavy atom. The summed E-state index contributed by atoms with van der Waals surface area (Å²) in [5, 5.41) is 11.6. The van der Waals surface area contributed by atoms with Crippen LogP contribution < -0.4 is 9.80 Å². The Hall–Kier alpha value is -2.97. The minimum atomic E-state index is -0.334. The number of hydrogen-bond donors (Lipinski definition) is 0. The molecule has 0 N–H and O–H groups in total. The topological polar surface area (TPSA) is 80.4 Å². The summed E-state index contributed by atoms with van der Waals surface area (Å²) in [5.74, 6) is 0. The van der Waals surface area contributed by atoms with Crippen molar-refractivity contribution in [1.29, 1.82) is 0 Å². The predicted octanol–water partition coefficient (Wildman–Crippen LogP) is 3.02. The van der Waals surface area contributed by atoms with Crippen LogP contribution in [0.5, 0.6) is 0 Å².